The standard InChI is InChI=1S/C20H22N2O6/c1-4-28-20(25)14-7-5-6-8-15(14)22-19(24)12-18(23)21-13-9-10-16(26-2)17(11-13)27-3/h5-11H,4,12H2,1-3H3,(H,21,23)(H,22,24). The molecule has 28 heavy (non-hydrogen) atoms. The van der Waals surface area contributed by atoms with Gasteiger partial charge in [-0.2, -0.15) is 0 Å². The number of methoxy groups -OCH3 is 2. The number of anilines is 2. The molecule has 0 heterocycles. The number of carbonyl (C=O) groups is 3. The van der Waals surface area contributed by atoms with Crippen LogP contribution in [0.4, 0.5) is 11.4 Å². The number of esters is 1. The minimum atomic E-state index is -0.560. The van der Waals surface area contributed by atoms with Gasteiger partial charge in [-0.25, -0.2) is 4.79 Å². The molecule has 2 N–H and O–H groups in total. The zero-order valence-electron chi connectivity index (χ0n) is 15.9. The highest BCUT2D eigenvalue weighted by molar-refractivity contribution is 6.10. The van der Waals surface area contributed by atoms with Gasteiger partial charge in [0.25, 0.3) is 0 Å². The van der Waals surface area contributed by atoms with E-state index < -0.39 is 24.2 Å². The third-order valence-electron chi connectivity index (χ3n) is 3.68. The first-order valence-corrected chi connectivity index (χ1v) is 8.56. The average Bonchev–Trinajstić information content (AvgIpc) is 2.68. The van der Waals surface area contributed by atoms with Crippen LogP contribution in [0.1, 0.15) is 23.7 Å². The summed E-state index contributed by atoms with van der Waals surface area (Å²) in [6, 6.07) is 11.3. The Kier molecular flexibility index (Phi) is 7.38. The van der Waals surface area contributed by atoms with Crippen LogP contribution in [-0.4, -0.2) is 38.6 Å². The van der Waals surface area contributed by atoms with Crippen molar-refractivity contribution in [1.29, 1.82) is 0 Å². The summed E-state index contributed by atoms with van der Waals surface area (Å²) < 4.78 is 15.3. The van der Waals surface area contributed by atoms with Gasteiger partial charge in [-0.15, -0.1) is 0 Å². The van der Waals surface area contributed by atoms with Crippen molar-refractivity contribution >= 4 is 29.2 Å². The molecule has 0 fully saturated rings. The van der Waals surface area contributed by atoms with Gasteiger partial charge in [-0.1, -0.05) is 12.1 Å². The van der Waals surface area contributed by atoms with E-state index in [1.807, 2.05) is 0 Å². The molecule has 0 radical (unpaired) electrons. The maximum absolute atomic E-state index is 12.2. The van der Waals surface area contributed by atoms with Gasteiger partial charge in [0.05, 0.1) is 32.1 Å². The summed E-state index contributed by atoms with van der Waals surface area (Å²) in [5.41, 5.74) is 0.963. The molecular formula is C20H22N2O6. The SMILES string of the molecule is CCOC(=O)c1ccccc1NC(=O)CC(=O)Nc1ccc(OC)c(OC)c1. The number of carbonyl (C=O) groups excluding carboxylic acids is 3. The van der Waals surface area contributed by atoms with Gasteiger partial charge in [-0.05, 0) is 31.2 Å². The second-order valence-corrected chi connectivity index (χ2v) is 5.61. The third-order valence-corrected chi connectivity index (χ3v) is 3.68. The summed E-state index contributed by atoms with van der Waals surface area (Å²) in [5, 5.41) is 5.18. The van der Waals surface area contributed by atoms with Crippen molar-refractivity contribution in [1.82, 2.24) is 0 Å². The van der Waals surface area contributed by atoms with Crippen LogP contribution in [0.25, 0.3) is 0 Å². The normalized spacial score (nSPS) is 9.96. The molecule has 0 saturated heterocycles. The Morgan fingerprint density at radius 1 is 0.893 bits per heavy atom. The van der Waals surface area contributed by atoms with Crippen molar-refractivity contribution in [2.75, 3.05) is 31.5 Å². The number of hydrogen-bond acceptors (Lipinski definition) is 6. The lowest BCUT2D eigenvalue weighted by atomic mass is 10.1. The van der Waals surface area contributed by atoms with E-state index in [0.29, 0.717) is 17.2 Å². The number of para-hydroxylation sites is 1. The van der Waals surface area contributed by atoms with E-state index in [9.17, 15) is 14.4 Å². The lowest BCUT2D eigenvalue weighted by Gasteiger charge is -2.12. The molecule has 2 aromatic carbocycles. The van der Waals surface area contributed by atoms with Crippen LogP contribution in [0.15, 0.2) is 42.5 Å². The lowest BCUT2D eigenvalue weighted by Crippen LogP contribution is -2.22. The van der Waals surface area contributed by atoms with Crippen molar-refractivity contribution in [2.24, 2.45) is 0 Å². The molecule has 0 aliphatic rings. The number of ether oxygens (including phenoxy) is 3. The van der Waals surface area contributed by atoms with E-state index in [4.69, 9.17) is 14.2 Å². The molecule has 2 aromatic rings. The van der Waals surface area contributed by atoms with Crippen molar-refractivity contribution in [3.63, 3.8) is 0 Å². The highest BCUT2D eigenvalue weighted by Crippen LogP contribution is 2.29. The maximum Gasteiger partial charge on any atom is 0.340 e. The average molecular weight is 386 g/mol. The molecule has 8 nitrogen and oxygen atoms in total. The van der Waals surface area contributed by atoms with Crippen LogP contribution in [0.5, 0.6) is 11.5 Å². The number of hydrogen-bond donors (Lipinski definition) is 2. The zero-order chi connectivity index (χ0) is 20.5. The van der Waals surface area contributed by atoms with E-state index in [-0.39, 0.29) is 17.9 Å². The summed E-state index contributed by atoms with van der Waals surface area (Å²) in [4.78, 5) is 36.3. The van der Waals surface area contributed by atoms with E-state index in [0.717, 1.165) is 0 Å². The van der Waals surface area contributed by atoms with Crippen LogP contribution in [0.2, 0.25) is 0 Å². The molecule has 148 valence electrons. The fraction of sp³-hybridized carbons (Fsp3) is 0.250. The zero-order valence-corrected chi connectivity index (χ0v) is 15.9. The number of amides is 2. The Bertz CT molecular complexity index is 866. The number of benzene rings is 2. The highest BCUT2D eigenvalue weighted by Gasteiger charge is 2.16. The molecule has 2 amide bonds. The van der Waals surface area contributed by atoms with E-state index >= 15 is 0 Å². The quantitative estimate of drug-likeness (QED) is 0.534. The third kappa shape index (κ3) is 5.47. The molecule has 0 aromatic heterocycles. The van der Waals surface area contributed by atoms with Crippen molar-refractivity contribution < 1.29 is 28.6 Å². The Hall–Kier alpha value is -3.55. The van der Waals surface area contributed by atoms with Crippen LogP contribution in [0.3, 0.4) is 0 Å². The van der Waals surface area contributed by atoms with Gasteiger partial charge in [0, 0.05) is 11.8 Å². The van der Waals surface area contributed by atoms with Crippen molar-refractivity contribution in [3.05, 3.63) is 48.0 Å². The summed E-state index contributed by atoms with van der Waals surface area (Å²) in [7, 11) is 2.99. The number of rotatable bonds is 8. The van der Waals surface area contributed by atoms with Gasteiger partial charge in [0.15, 0.2) is 11.5 Å². The van der Waals surface area contributed by atoms with Crippen molar-refractivity contribution in [2.45, 2.75) is 13.3 Å². The molecule has 0 spiro atoms. The van der Waals surface area contributed by atoms with Crippen LogP contribution in [-0.2, 0) is 14.3 Å². The minimum absolute atomic E-state index is 0.217. The first kappa shape index (κ1) is 20.8. The molecule has 0 bridgehead atoms. The molecule has 0 unspecified atom stereocenters. The Morgan fingerprint density at radius 3 is 2.25 bits per heavy atom. The predicted molar refractivity (Wildman–Crippen MR) is 104 cm³/mol. The molecular weight excluding hydrogens is 364 g/mol. The monoisotopic (exact) mass is 386 g/mol. The molecule has 0 atom stereocenters. The van der Waals surface area contributed by atoms with Gasteiger partial charge >= 0.3 is 5.97 Å². The Morgan fingerprint density at radius 2 is 1.57 bits per heavy atom. The summed E-state index contributed by atoms with van der Waals surface area (Å²) in [6.45, 7) is 1.91. The van der Waals surface area contributed by atoms with Crippen LogP contribution >= 0.6 is 0 Å². The largest absolute Gasteiger partial charge is 0.493 e. The summed E-state index contributed by atoms with van der Waals surface area (Å²) in [6.07, 6.45) is -0.425. The van der Waals surface area contributed by atoms with E-state index in [1.165, 1.54) is 20.3 Å². The second-order valence-electron chi connectivity index (χ2n) is 5.61. The molecule has 0 aliphatic carbocycles. The Balaban J connectivity index is 2.00. The van der Waals surface area contributed by atoms with Gasteiger partial charge in [0.2, 0.25) is 11.8 Å². The predicted octanol–water partition coefficient (Wildman–Crippen LogP) is 2.85. The fourth-order valence-electron chi connectivity index (χ4n) is 2.44. The summed E-state index contributed by atoms with van der Waals surface area (Å²) >= 11 is 0. The molecule has 8 heteroatoms. The van der Waals surface area contributed by atoms with E-state index in [2.05, 4.69) is 10.6 Å². The Labute approximate surface area is 162 Å². The van der Waals surface area contributed by atoms with Gasteiger partial charge in [-0.3, -0.25) is 9.59 Å². The highest BCUT2D eigenvalue weighted by atomic mass is 16.5. The topological polar surface area (TPSA) is 103 Å². The molecule has 2 rings (SSSR count). The molecule has 0 saturated carbocycles. The first-order valence-electron chi connectivity index (χ1n) is 8.56. The smallest absolute Gasteiger partial charge is 0.340 e. The van der Waals surface area contributed by atoms with Crippen LogP contribution in [0, 0.1) is 0 Å². The van der Waals surface area contributed by atoms with Gasteiger partial charge < -0.3 is 24.8 Å². The lowest BCUT2D eigenvalue weighted by molar-refractivity contribution is -0.123. The van der Waals surface area contributed by atoms with Gasteiger partial charge in [0.1, 0.15) is 6.42 Å². The maximum atomic E-state index is 12.2. The first-order chi connectivity index (χ1) is 13.5. The second kappa shape index (κ2) is 9.96. The van der Waals surface area contributed by atoms with Crippen molar-refractivity contribution in [3.8, 4) is 11.5 Å². The minimum Gasteiger partial charge on any atom is -0.493 e. The fourth-order valence-corrected chi connectivity index (χ4v) is 2.44. The number of nitrogens with one attached hydrogen (secondary N) is 2. The van der Waals surface area contributed by atoms with Crippen LogP contribution < -0.4 is 20.1 Å². The summed E-state index contributed by atoms with van der Waals surface area (Å²) in [5.74, 6) is -0.650. The molecule has 0 aliphatic heterocycles. The van der Waals surface area contributed by atoms with E-state index in [1.54, 1.807) is 43.3 Å².